The first-order chi connectivity index (χ1) is 13.6. The van der Waals surface area contributed by atoms with Crippen molar-refractivity contribution in [2.75, 3.05) is 36.0 Å². The Kier molecular flexibility index (Phi) is 5.41. The minimum atomic E-state index is -1.46. The van der Waals surface area contributed by atoms with Gasteiger partial charge in [-0.05, 0) is 18.2 Å². The molecule has 2 N–H and O–H groups in total. The third kappa shape index (κ3) is 3.98. The first-order valence-corrected chi connectivity index (χ1v) is 9.47. The Balaban J connectivity index is 1.74. The van der Waals surface area contributed by atoms with Gasteiger partial charge in [-0.3, -0.25) is 9.69 Å². The van der Waals surface area contributed by atoms with Crippen molar-refractivity contribution in [3.05, 3.63) is 24.0 Å². The molecule has 2 atom stereocenters. The number of carbonyl (C=O) groups excluding carboxylic acids is 2. The molecule has 2 amide bonds. The van der Waals surface area contributed by atoms with E-state index < -0.39 is 29.0 Å². The van der Waals surface area contributed by atoms with E-state index in [0.29, 0.717) is 24.5 Å². The average molecular weight is 404 g/mol. The zero-order valence-corrected chi connectivity index (χ0v) is 16.7. The number of aliphatic hydroxyl groups is 1. The Morgan fingerprint density at radius 2 is 2.21 bits per heavy atom. The molecule has 8 nitrogen and oxygen atoms in total. The van der Waals surface area contributed by atoms with Crippen molar-refractivity contribution in [1.82, 2.24) is 5.32 Å². The highest BCUT2D eigenvalue weighted by Gasteiger charge is 2.48. The van der Waals surface area contributed by atoms with E-state index in [-0.39, 0.29) is 25.4 Å². The highest BCUT2D eigenvalue weighted by molar-refractivity contribution is 5.90. The van der Waals surface area contributed by atoms with Crippen LogP contribution in [0.5, 0.6) is 0 Å². The third-order valence-corrected chi connectivity index (χ3v) is 5.67. The number of nitrogens with one attached hydrogen (secondary N) is 1. The smallest absolute Gasteiger partial charge is 0.414 e. The SMILES string of the molecule is CC(=O)NCC1CN(c2ccc(N3CC[C@@](O)(C#N)C(C)(C)C3)c(F)c2)C(=O)O1. The van der Waals surface area contributed by atoms with Crippen molar-refractivity contribution in [2.24, 2.45) is 5.41 Å². The van der Waals surface area contributed by atoms with Crippen LogP contribution in [-0.4, -0.2) is 55.0 Å². The zero-order chi connectivity index (χ0) is 21.4. The predicted molar refractivity (Wildman–Crippen MR) is 104 cm³/mol. The molecule has 29 heavy (non-hydrogen) atoms. The summed E-state index contributed by atoms with van der Waals surface area (Å²) in [5, 5.41) is 22.4. The average Bonchev–Trinajstić information content (AvgIpc) is 3.03. The van der Waals surface area contributed by atoms with Gasteiger partial charge in [-0.2, -0.15) is 5.26 Å². The molecule has 2 aliphatic rings. The van der Waals surface area contributed by atoms with Gasteiger partial charge in [0.15, 0.2) is 5.60 Å². The number of amides is 2. The lowest BCUT2D eigenvalue weighted by Crippen LogP contribution is -2.56. The van der Waals surface area contributed by atoms with E-state index in [0.717, 1.165) is 0 Å². The summed E-state index contributed by atoms with van der Waals surface area (Å²) in [6.07, 6.45) is -0.882. The maximum Gasteiger partial charge on any atom is 0.414 e. The van der Waals surface area contributed by atoms with Crippen molar-refractivity contribution < 1.29 is 23.8 Å². The van der Waals surface area contributed by atoms with Crippen molar-refractivity contribution in [3.8, 4) is 6.07 Å². The Morgan fingerprint density at radius 3 is 2.79 bits per heavy atom. The van der Waals surface area contributed by atoms with Crippen LogP contribution in [0.4, 0.5) is 20.6 Å². The Bertz CT molecular complexity index is 869. The number of cyclic esters (lactones) is 1. The molecule has 2 heterocycles. The van der Waals surface area contributed by atoms with E-state index >= 15 is 0 Å². The number of benzene rings is 1. The molecule has 0 bridgehead atoms. The molecule has 3 rings (SSSR count). The van der Waals surface area contributed by atoms with E-state index in [9.17, 15) is 24.3 Å². The van der Waals surface area contributed by atoms with E-state index in [1.165, 1.54) is 17.9 Å². The number of rotatable bonds is 4. The summed E-state index contributed by atoms with van der Waals surface area (Å²) in [6.45, 7) is 6.01. The minimum Gasteiger partial charge on any atom is -0.442 e. The maximum atomic E-state index is 14.9. The lowest BCUT2D eigenvalue weighted by Gasteiger charge is -2.47. The first kappa shape index (κ1) is 20.9. The van der Waals surface area contributed by atoms with Crippen molar-refractivity contribution in [2.45, 2.75) is 38.9 Å². The van der Waals surface area contributed by atoms with E-state index in [1.54, 1.807) is 30.9 Å². The standard InChI is InChI=1S/C20H25FN4O4/c1-13(26)23-9-15-10-25(18(27)29-15)14-4-5-17(16(21)8-14)24-7-6-20(28,11-22)19(2,3)12-24/h4-5,8,15,28H,6-7,9-10,12H2,1-3H3,(H,23,26)/t15?,20-/m1/s1. The van der Waals surface area contributed by atoms with E-state index in [4.69, 9.17) is 4.74 Å². The largest absolute Gasteiger partial charge is 0.442 e. The fourth-order valence-electron chi connectivity index (χ4n) is 3.75. The van der Waals surface area contributed by atoms with Crippen LogP contribution in [-0.2, 0) is 9.53 Å². The fourth-order valence-corrected chi connectivity index (χ4v) is 3.75. The second-order valence-electron chi connectivity index (χ2n) is 8.22. The normalized spacial score (nSPS) is 26.1. The van der Waals surface area contributed by atoms with Crippen LogP contribution in [0.15, 0.2) is 18.2 Å². The number of carbonyl (C=O) groups is 2. The molecular weight excluding hydrogens is 379 g/mol. The molecule has 0 radical (unpaired) electrons. The molecule has 1 aromatic rings. The lowest BCUT2D eigenvalue weighted by atomic mass is 9.71. The topological polar surface area (TPSA) is 106 Å². The Labute approximate surface area is 168 Å². The van der Waals surface area contributed by atoms with Gasteiger partial charge >= 0.3 is 6.09 Å². The minimum absolute atomic E-state index is 0.197. The number of piperidine rings is 1. The van der Waals surface area contributed by atoms with Gasteiger partial charge in [0.2, 0.25) is 5.91 Å². The molecule has 2 saturated heterocycles. The highest BCUT2D eigenvalue weighted by atomic mass is 19.1. The highest BCUT2D eigenvalue weighted by Crippen LogP contribution is 2.40. The van der Waals surface area contributed by atoms with Crippen LogP contribution < -0.4 is 15.1 Å². The molecule has 9 heteroatoms. The number of hydrogen-bond acceptors (Lipinski definition) is 6. The van der Waals surface area contributed by atoms with Gasteiger partial charge in [-0.15, -0.1) is 0 Å². The quantitative estimate of drug-likeness (QED) is 0.741. The van der Waals surface area contributed by atoms with Gasteiger partial charge in [-0.1, -0.05) is 13.8 Å². The summed E-state index contributed by atoms with van der Waals surface area (Å²) < 4.78 is 20.1. The van der Waals surface area contributed by atoms with Crippen LogP contribution in [0, 0.1) is 22.6 Å². The Hall–Kier alpha value is -2.86. The molecule has 0 spiro atoms. The summed E-state index contributed by atoms with van der Waals surface area (Å²) in [6, 6.07) is 6.48. The van der Waals surface area contributed by atoms with Gasteiger partial charge < -0.3 is 20.1 Å². The van der Waals surface area contributed by atoms with Crippen LogP contribution >= 0.6 is 0 Å². The van der Waals surface area contributed by atoms with Gasteiger partial charge in [0.05, 0.1) is 30.5 Å². The van der Waals surface area contributed by atoms with E-state index in [2.05, 4.69) is 5.32 Å². The third-order valence-electron chi connectivity index (χ3n) is 5.67. The van der Waals surface area contributed by atoms with Gasteiger partial charge in [0.1, 0.15) is 11.9 Å². The molecule has 0 aliphatic carbocycles. The van der Waals surface area contributed by atoms with Crippen LogP contribution in [0.25, 0.3) is 0 Å². The maximum absolute atomic E-state index is 14.9. The van der Waals surface area contributed by atoms with Gasteiger partial charge in [0.25, 0.3) is 0 Å². The van der Waals surface area contributed by atoms with Crippen LogP contribution in [0.1, 0.15) is 27.2 Å². The number of nitriles is 1. The molecule has 0 saturated carbocycles. The molecular formula is C20H25FN4O4. The molecule has 1 aromatic carbocycles. The molecule has 1 unspecified atom stereocenters. The summed E-state index contributed by atoms with van der Waals surface area (Å²) in [5.41, 5.74) is -1.47. The number of nitrogens with zero attached hydrogens (tertiary/aromatic N) is 3. The van der Waals surface area contributed by atoms with Crippen LogP contribution in [0.3, 0.4) is 0 Å². The Morgan fingerprint density at radius 1 is 1.48 bits per heavy atom. The summed E-state index contributed by atoms with van der Waals surface area (Å²) >= 11 is 0. The lowest BCUT2D eigenvalue weighted by molar-refractivity contribution is -0.119. The molecule has 0 aromatic heterocycles. The zero-order valence-electron chi connectivity index (χ0n) is 16.7. The first-order valence-electron chi connectivity index (χ1n) is 9.47. The molecule has 2 fully saturated rings. The number of ether oxygens (including phenoxy) is 1. The van der Waals surface area contributed by atoms with Crippen molar-refractivity contribution >= 4 is 23.4 Å². The predicted octanol–water partition coefficient (Wildman–Crippen LogP) is 1.78. The summed E-state index contributed by atoms with van der Waals surface area (Å²) in [4.78, 5) is 26.3. The van der Waals surface area contributed by atoms with Crippen LogP contribution in [0.2, 0.25) is 0 Å². The fraction of sp³-hybridized carbons (Fsp3) is 0.550. The molecule has 2 aliphatic heterocycles. The number of halogens is 1. The molecule has 156 valence electrons. The number of hydrogen-bond donors (Lipinski definition) is 2. The monoisotopic (exact) mass is 404 g/mol. The second kappa shape index (κ2) is 7.52. The second-order valence-corrected chi connectivity index (χ2v) is 8.22. The summed E-state index contributed by atoms with van der Waals surface area (Å²) in [7, 11) is 0. The number of anilines is 2. The van der Waals surface area contributed by atoms with Gasteiger partial charge in [0, 0.05) is 31.8 Å². The summed E-state index contributed by atoms with van der Waals surface area (Å²) in [5.74, 6) is -0.721. The van der Waals surface area contributed by atoms with Crippen molar-refractivity contribution in [1.29, 1.82) is 5.26 Å². The van der Waals surface area contributed by atoms with E-state index in [1.807, 2.05) is 6.07 Å². The van der Waals surface area contributed by atoms with Gasteiger partial charge in [-0.25, -0.2) is 9.18 Å². The van der Waals surface area contributed by atoms with Crippen molar-refractivity contribution in [3.63, 3.8) is 0 Å².